The highest BCUT2D eigenvalue weighted by molar-refractivity contribution is 5.75. The summed E-state index contributed by atoms with van der Waals surface area (Å²) in [5, 5.41) is 18.2. The number of nitrogens with zero attached hydrogens (tertiary/aromatic N) is 1. The van der Waals surface area contributed by atoms with Crippen molar-refractivity contribution in [1.82, 2.24) is 9.97 Å². The van der Waals surface area contributed by atoms with Crippen molar-refractivity contribution in [2.24, 2.45) is 0 Å². The summed E-state index contributed by atoms with van der Waals surface area (Å²) < 4.78 is 0. The van der Waals surface area contributed by atoms with E-state index >= 15 is 0 Å². The first-order valence-corrected chi connectivity index (χ1v) is 4.48. The zero-order chi connectivity index (χ0) is 10.1. The Morgan fingerprint density at radius 1 is 1.50 bits per heavy atom. The fraction of sp³-hybridized carbons (Fsp3) is 0.300. The second kappa shape index (κ2) is 3.40. The molecule has 1 aromatic carbocycles. The molecule has 0 bridgehead atoms. The average molecular weight is 192 g/mol. The lowest BCUT2D eigenvalue weighted by atomic mass is 10.2. The second-order valence-corrected chi connectivity index (χ2v) is 3.31. The van der Waals surface area contributed by atoms with E-state index in [2.05, 4.69) is 9.97 Å². The summed E-state index contributed by atoms with van der Waals surface area (Å²) in [5.41, 5.74) is 2.48. The molecule has 0 saturated carbocycles. The number of aliphatic hydroxyl groups is 2. The van der Waals surface area contributed by atoms with Crippen molar-refractivity contribution in [1.29, 1.82) is 0 Å². The third kappa shape index (κ3) is 1.49. The summed E-state index contributed by atoms with van der Waals surface area (Å²) in [6.07, 6.45) is -0.597. The average Bonchev–Trinajstić information content (AvgIpc) is 2.59. The smallest absolute Gasteiger partial charge is 0.135 e. The summed E-state index contributed by atoms with van der Waals surface area (Å²) in [4.78, 5) is 7.20. The number of aliphatic hydroxyl groups excluding tert-OH is 2. The molecule has 0 fully saturated rings. The lowest BCUT2D eigenvalue weighted by molar-refractivity contribution is 0.190. The molecule has 2 aromatic rings. The highest BCUT2D eigenvalue weighted by Crippen LogP contribution is 2.17. The molecule has 1 aromatic heterocycles. The number of hydrogen-bond acceptors (Lipinski definition) is 3. The Bertz CT molecular complexity index is 448. The van der Waals surface area contributed by atoms with Crippen LogP contribution in [0.15, 0.2) is 18.2 Å². The van der Waals surface area contributed by atoms with E-state index in [4.69, 9.17) is 5.11 Å². The first-order valence-electron chi connectivity index (χ1n) is 4.48. The van der Waals surface area contributed by atoms with E-state index in [1.54, 1.807) is 6.92 Å². The van der Waals surface area contributed by atoms with Crippen molar-refractivity contribution in [3.8, 4) is 0 Å². The van der Waals surface area contributed by atoms with Crippen LogP contribution < -0.4 is 0 Å². The van der Waals surface area contributed by atoms with E-state index < -0.39 is 6.10 Å². The van der Waals surface area contributed by atoms with Crippen LogP contribution in [0.4, 0.5) is 0 Å². The van der Waals surface area contributed by atoms with Crippen molar-refractivity contribution in [2.45, 2.75) is 19.6 Å². The minimum Gasteiger partial charge on any atom is -0.392 e. The van der Waals surface area contributed by atoms with E-state index in [0.29, 0.717) is 5.82 Å². The Labute approximate surface area is 81.2 Å². The van der Waals surface area contributed by atoms with Gasteiger partial charge in [0, 0.05) is 0 Å². The number of hydrogen-bond donors (Lipinski definition) is 3. The Hall–Kier alpha value is -1.39. The van der Waals surface area contributed by atoms with Gasteiger partial charge in [0.2, 0.25) is 0 Å². The van der Waals surface area contributed by atoms with E-state index in [1.165, 1.54) is 0 Å². The predicted molar refractivity (Wildman–Crippen MR) is 52.7 cm³/mol. The minimum absolute atomic E-state index is 0.0129. The Kier molecular flexibility index (Phi) is 2.23. The van der Waals surface area contributed by atoms with Crippen molar-refractivity contribution in [3.63, 3.8) is 0 Å². The number of nitrogens with one attached hydrogen (secondary N) is 1. The fourth-order valence-electron chi connectivity index (χ4n) is 1.37. The highest BCUT2D eigenvalue weighted by atomic mass is 16.3. The number of H-pyrrole nitrogens is 1. The molecule has 4 heteroatoms. The second-order valence-electron chi connectivity index (χ2n) is 3.31. The monoisotopic (exact) mass is 192 g/mol. The molecular weight excluding hydrogens is 180 g/mol. The summed E-state index contributed by atoms with van der Waals surface area (Å²) in [7, 11) is 0. The maximum Gasteiger partial charge on any atom is 0.135 e. The van der Waals surface area contributed by atoms with Gasteiger partial charge in [-0.15, -0.1) is 0 Å². The molecule has 0 aliphatic heterocycles. The van der Waals surface area contributed by atoms with Crippen molar-refractivity contribution < 1.29 is 10.2 Å². The van der Waals surface area contributed by atoms with Crippen LogP contribution in [0.2, 0.25) is 0 Å². The maximum atomic E-state index is 9.31. The van der Waals surface area contributed by atoms with Crippen LogP contribution >= 0.6 is 0 Å². The molecular formula is C10H12N2O2. The first-order chi connectivity index (χ1) is 6.70. The maximum absolute atomic E-state index is 9.31. The van der Waals surface area contributed by atoms with Gasteiger partial charge in [0.25, 0.3) is 0 Å². The van der Waals surface area contributed by atoms with Gasteiger partial charge in [-0.3, -0.25) is 0 Å². The third-order valence-corrected chi connectivity index (χ3v) is 2.14. The largest absolute Gasteiger partial charge is 0.392 e. The first kappa shape index (κ1) is 9.18. The summed E-state index contributed by atoms with van der Waals surface area (Å²) in [5.74, 6) is 0.551. The van der Waals surface area contributed by atoms with Gasteiger partial charge in [-0.05, 0) is 24.6 Å². The molecule has 2 rings (SSSR count). The molecule has 0 spiro atoms. The van der Waals surface area contributed by atoms with Crippen molar-refractivity contribution in [3.05, 3.63) is 29.6 Å². The number of aromatic amines is 1. The zero-order valence-corrected chi connectivity index (χ0v) is 7.86. The summed E-state index contributed by atoms with van der Waals surface area (Å²) in [6, 6.07) is 5.46. The standard InChI is InChI=1S/C10H12N2O2/c1-6(14)10-11-8-3-2-7(5-13)4-9(8)12-10/h2-4,6,13-14H,5H2,1H3,(H,11,12). The van der Waals surface area contributed by atoms with Gasteiger partial charge in [0.05, 0.1) is 17.6 Å². The van der Waals surface area contributed by atoms with Gasteiger partial charge >= 0.3 is 0 Å². The van der Waals surface area contributed by atoms with Gasteiger partial charge in [-0.25, -0.2) is 4.98 Å². The zero-order valence-electron chi connectivity index (χ0n) is 7.86. The van der Waals surface area contributed by atoms with Gasteiger partial charge in [-0.1, -0.05) is 6.07 Å². The third-order valence-electron chi connectivity index (χ3n) is 2.14. The fourth-order valence-corrected chi connectivity index (χ4v) is 1.37. The van der Waals surface area contributed by atoms with E-state index in [9.17, 15) is 5.11 Å². The molecule has 0 radical (unpaired) electrons. The Morgan fingerprint density at radius 3 is 2.93 bits per heavy atom. The molecule has 3 N–H and O–H groups in total. The van der Waals surface area contributed by atoms with Crippen LogP contribution in [-0.2, 0) is 6.61 Å². The molecule has 4 nitrogen and oxygen atoms in total. The molecule has 0 aliphatic carbocycles. The number of rotatable bonds is 2. The van der Waals surface area contributed by atoms with Gasteiger partial charge in [0.15, 0.2) is 0 Å². The van der Waals surface area contributed by atoms with Crippen LogP contribution in [0.5, 0.6) is 0 Å². The lowest BCUT2D eigenvalue weighted by Crippen LogP contribution is -1.92. The Morgan fingerprint density at radius 2 is 2.29 bits per heavy atom. The van der Waals surface area contributed by atoms with Crippen molar-refractivity contribution >= 4 is 11.0 Å². The molecule has 0 saturated heterocycles. The summed E-state index contributed by atoms with van der Waals surface area (Å²) >= 11 is 0. The van der Waals surface area contributed by atoms with Crippen LogP contribution in [0, 0.1) is 0 Å². The van der Waals surface area contributed by atoms with Crippen LogP contribution in [0.25, 0.3) is 11.0 Å². The van der Waals surface area contributed by atoms with E-state index in [-0.39, 0.29) is 6.61 Å². The molecule has 1 heterocycles. The van der Waals surface area contributed by atoms with Gasteiger partial charge in [0.1, 0.15) is 11.9 Å². The lowest BCUT2D eigenvalue weighted by Gasteiger charge is -1.95. The van der Waals surface area contributed by atoms with Crippen LogP contribution in [0.3, 0.4) is 0 Å². The normalized spacial score (nSPS) is 13.4. The number of fused-ring (bicyclic) bond motifs is 1. The SMILES string of the molecule is CC(O)c1nc2ccc(CO)cc2[nH]1. The highest BCUT2D eigenvalue weighted by Gasteiger charge is 2.07. The molecule has 1 atom stereocenters. The summed E-state index contributed by atoms with van der Waals surface area (Å²) in [6.45, 7) is 1.67. The molecule has 0 aliphatic rings. The topological polar surface area (TPSA) is 69.1 Å². The van der Waals surface area contributed by atoms with Gasteiger partial charge in [-0.2, -0.15) is 0 Å². The van der Waals surface area contributed by atoms with Crippen molar-refractivity contribution in [2.75, 3.05) is 0 Å². The number of imidazole rings is 1. The Balaban J connectivity index is 2.54. The molecule has 14 heavy (non-hydrogen) atoms. The molecule has 0 amide bonds. The quantitative estimate of drug-likeness (QED) is 0.667. The predicted octanol–water partition coefficient (Wildman–Crippen LogP) is 1.11. The van der Waals surface area contributed by atoms with E-state index in [1.807, 2.05) is 18.2 Å². The van der Waals surface area contributed by atoms with Crippen LogP contribution in [-0.4, -0.2) is 20.2 Å². The van der Waals surface area contributed by atoms with E-state index in [0.717, 1.165) is 16.6 Å². The number of benzene rings is 1. The number of aromatic nitrogens is 2. The minimum atomic E-state index is -0.597. The molecule has 1 unspecified atom stereocenters. The molecule has 74 valence electrons. The van der Waals surface area contributed by atoms with Crippen LogP contribution in [0.1, 0.15) is 24.4 Å². The van der Waals surface area contributed by atoms with Gasteiger partial charge < -0.3 is 15.2 Å².